The summed E-state index contributed by atoms with van der Waals surface area (Å²) in [7, 11) is 0. The van der Waals surface area contributed by atoms with Crippen molar-refractivity contribution in [1.82, 2.24) is 5.32 Å². The second-order valence-corrected chi connectivity index (χ2v) is 7.84. The largest absolute Gasteiger partial charge is 0.442 e. The minimum absolute atomic E-state index is 0.0337. The molecule has 2 amide bonds. The standard InChI is InChI=1S/C23H21F3N4O4/c1-12(2)16-8-19(20(31)6-3-13(16)9-27)29-18-5-4-14(7-17(18)24)30-11-15(34-23(30)33)10-28-22(32)21(25)26/h3-8,12,15,21H,10-11H2,1-2H3,(H,28,32)(H,29,31). The maximum atomic E-state index is 14.9. The molecule has 0 radical (unpaired) electrons. The lowest BCUT2D eigenvalue weighted by Gasteiger charge is -2.15. The summed E-state index contributed by atoms with van der Waals surface area (Å²) in [5, 5.41) is 14.0. The fourth-order valence-corrected chi connectivity index (χ4v) is 3.38. The van der Waals surface area contributed by atoms with Crippen LogP contribution in [0.2, 0.25) is 0 Å². The van der Waals surface area contributed by atoms with E-state index in [1.54, 1.807) is 0 Å². The van der Waals surface area contributed by atoms with Crippen molar-refractivity contribution in [3.05, 3.63) is 63.6 Å². The molecule has 34 heavy (non-hydrogen) atoms. The van der Waals surface area contributed by atoms with Crippen molar-refractivity contribution in [2.75, 3.05) is 23.3 Å². The van der Waals surface area contributed by atoms with Crippen LogP contribution < -0.4 is 21.0 Å². The van der Waals surface area contributed by atoms with E-state index in [1.165, 1.54) is 30.3 Å². The number of halogens is 3. The number of amides is 2. The molecule has 11 heteroatoms. The number of ether oxygens (including phenoxy) is 1. The van der Waals surface area contributed by atoms with E-state index in [0.717, 1.165) is 11.0 Å². The summed E-state index contributed by atoms with van der Waals surface area (Å²) in [6.07, 6.45) is -4.89. The molecule has 1 atom stereocenters. The van der Waals surface area contributed by atoms with Crippen molar-refractivity contribution in [2.45, 2.75) is 32.3 Å². The maximum Gasteiger partial charge on any atom is 0.414 e. The number of nitrogens with zero attached hydrogens (tertiary/aromatic N) is 2. The topological polar surface area (TPSA) is 112 Å². The normalized spacial score (nSPS) is 15.3. The Balaban J connectivity index is 1.79. The smallest absolute Gasteiger partial charge is 0.414 e. The molecular weight excluding hydrogens is 453 g/mol. The first kappa shape index (κ1) is 24.6. The Morgan fingerprint density at radius 3 is 2.56 bits per heavy atom. The predicted octanol–water partition coefficient (Wildman–Crippen LogP) is 3.63. The van der Waals surface area contributed by atoms with Crippen LogP contribution in [0.4, 0.5) is 35.0 Å². The van der Waals surface area contributed by atoms with Crippen LogP contribution in [-0.4, -0.2) is 37.6 Å². The highest BCUT2D eigenvalue weighted by Gasteiger charge is 2.33. The lowest BCUT2D eigenvalue weighted by Crippen LogP contribution is -2.37. The van der Waals surface area contributed by atoms with Crippen molar-refractivity contribution < 1.29 is 27.5 Å². The number of hydrogen-bond donors (Lipinski definition) is 2. The molecule has 1 aliphatic heterocycles. The molecule has 1 unspecified atom stereocenters. The summed E-state index contributed by atoms with van der Waals surface area (Å²) in [6.45, 7) is 3.33. The van der Waals surface area contributed by atoms with E-state index in [1.807, 2.05) is 25.2 Å². The first-order chi connectivity index (χ1) is 16.1. The summed E-state index contributed by atoms with van der Waals surface area (Å²) in [6, 6.07) is 10.0. The summed E-state index contributed by atoms with van der Waals surface area (Å²) in [5.41, 5.74) is 0.701. The van der Waals surface area contributed by atoms with E-state index in [9.17, 15) is 32.8 Å². The van der Waals surface area contributed by atoms with Gasteiger partial charge < -0.3 is 15.4 Å². The molecule has 2 N–H and O–H groups in total. The van der Waals surface area contributed by atoms with Gasteiger partial charge in [0, 0.05) is 0 Å². The van der Waals surface area contributed by atoms with E-state index >= 15 is 0 Å². The minimum atomic E-state index is -3.19. The van der Waals surface area contributed by atoms with Crippen LogP contribution in [0.3, 0.4) is 0 Å². The molecule has 8 nitrogen and oxygen atoms in total. The number of nitrogens with one attached hydrogen (secondary N) is 2. The van der Waals surface area contributed by atoms with Gasteiger partial charge in [-0.25, -0.2) is 9.18 Å². The lowest BCUT2D eigenvalue weighted by atomic mass is 10.0. The molecule has 1 fully saturated rings. The zero-order chi connectivity index (χ0) is 25.0. The van der Waals surface area contributed by atoms with Gasteiger partial charge in [-0.15, -0.1) is 0 Å². The Hall–Kier alpha value is -4.07. The van der Waals surface area contributed by atoms with E-state index < -0.39 is 35.8 Å². The van der Waals surface area contributed by atoms with E-state index in [4.69, 9.17) is 4.74 Å². The Labute approximate surface area is 192 Å². The third-order valence-corrected chi connectivity index (χ3v) is 5.13. The first-order valence-electron chi connectivity index (χ1n) is 10.3. The predicted molar refractivity (Wildman–Crippen MR) is 118 cm³/mol. The number of rotatable bonds is 7. The molecule has 0 spiro atoms. The highest BCUT2D eigenvalue weighted by Crippen LogP contribution is 2.28. The number of hydrogen-bond acceptors (Lipinski definition) is 6. The number of nitriles is 1. The molecule has 0 bridgehead atoms. The average molecular weight is 474 g/mol. The third-order valence-electron chi connectivity index (χ3n) is 5.13. The fourth-order valence-electron chi connectivity index (χ4n) is 3.38. The van der Waals surface area contributed by atoms with Gasteiger partial charge in [0.1, 0.15) is 11.9 Å². The molecule has 1 aliphatic rings. The van der Waals surface area contributed by atoms with E-state index in [-0.39, 0.29) is 36.1 Å². The maximum absolute atomic E-state index is 14.9. The first-order valence-corrected chi connectivity index (χ1v) is 10.3. The highest BCUT2D eigenvalue weighted by atomic mass is 19.3. The molecular formula is C23H21F3N4O4. The molecule has 0 aliphatic carbocycles. The molecule has 0 aromatic heterocycles. The Kier molecular flexibility index (Phi) is 7.40. The molecule has 2 aromatic carbocycles. The van der Waals surface area contributed by atoms with E-state index in [2.05, 4.69) is 5.32 Å². The average Bonchev–Trinajstić information content (AvgIpc) is 3.08. The fraction of sp³-hybridized carbons (Fsp3) is 0.304. The van der Waals surface area contributed by atoms with Crippen LogP contribution in [0.5, 0.6) is 0 Å². The lowest BCUT2D eigenvalue weighted by molar-refractivity contribution is -0.132. The van der Waals surface area contributed by atoms with Crippen LogP contribution in [0.15, 0.2) is 41.2 Å². The SMILES string of the molecule is CC(C)c1cc(Nc2ccc(N3CC(CNC(=O)C(F)F)OC3=O)cc2F)c(=O)ccc1C#N. The van der Waals surface area contributed by atoms with Gasteiger partial charge >= 0.3 is 12.5 Å². The zero-order valence-corrected chi connectivity index (χ0v) is 18.3. The second kappa shape index (κ2) is 10.2. The summed E-state index contributed by atoms with van der Waals surface area (Å²) >= 11 is 0. The Bertz CT molecular complexity index is 1210. The van der Waals surface area contributed by atoms with Crippen LogP contribution in [0.25, 0.3) is 0 Å². The van der Waals surface area contributed by atoms with Gasteiger partial charge in [0.15, 0.2) is 0 Å². The summed E-state index contributed by atoms with van der Waals surface area (Å²) in [5.74, 6) is -2.31. The van der Waals surface area contributed by atoms with Gasteiger partial charge in [0.2, 0.25) is 5.43 Å². The quantitative estimate of drug-likeness (QED) is 0.634. The van der Waals surface area contributed by atoms with Crippen LogP contribution >= 0.6 is 0 Å². The molecule has 1 heterocycles. The number of carbonyl (C=O) groups is 2. The number of carbonyl (C=O) groups excluding carboxylic acids is 2. The van der Waals surface area contributed by atoms with Gasteiger partial charge in [-0.3, -0.25) is 14.5 Å². The summed E-state index contributed by atoms with van der Waals surface area (Å²) in [4.78, 5) is 36.7. The van der Waals surface area contributed by atoms with Gasteiger partial charge in [-0.1, -0.05) is 13.8 Å². The second-order valence-electron chi connectivity index (χ2n) is 7.84. The number of anilines is 3. The molecule has 2 aromatic rings. The van der Waals surface area contributed by atoms with Crippen molar-refractivity contribution >= 4 is 29.1 Å². The Morgan fingerprint density at radius 2 is 1.94 bits per heavy atom. The monoisotopic (exact) mass is 474 g/mol. The third kappa shape index (κ3) is 5.46. The van der Waals surface area contributed by atoms with Gasteiger partial charge in [0.05, 0.1) is 41.8 Å². The van der Waals surface area contributed by atoms with Crippen LogP contribution in [0, 0.1) is 17.1 Å². The number of benzene rings is 1. The molecule has 1 saturated heterocycles. The van der Waals surface area contributed by atoms with Crippen LogP contribution in [0.1, 0.15) is 30.9 Å². The highest BCUT2D eigenvalue weighted by molar-refractivity contribution is 5.90. The van der Waals surface area contributed by atoms with Crippen molar-refractivity contribution in [3.8, 4) is 6.07 Å². The molecule has 0 saturated carbocycles. The van der Waals surface area contributed by atoms with Crippen molar-refractivity contribution in [3.63, 3.8) is 0 Å². The van der Waals surface area contributed by atoms with E-state index in [0.29, 0.717) is 11.1 Å². The van der Waals surface area contributed by atoms with Crippen molar-refractivity contribution in [2.24, 2.45) is 0 Å². The van der Waals surface area contributed by atoms with Crippen LogP contribution in [-0.2, 0) is 9.53 Å². The number of cyclic esters (lactones) is 1. The van der Waals surface area contributed by atoms with Gasteiger partial charge in [0.25, 0.3) is 5.91 Å². The molecule has 178 valence electrons. The summed E-state index contributed by atoms with van der Waals surface area (Å²) < 4.78 is 44.5. The Morgan fingerprint density at radius 1 is 1.21 bits per heavy atom. The number of alkyl halides is 2. The van der Waals surface area contributed by atoms with Crippen molar-refractivity contribution in [1.29, 1.82) is 5.26 Å². The van der Waals surface area contributed by atoms with Gasteiger partial charge in [-0.2, -0.15) is 14.0 Å². The molecule has 3 rings (SSSR count). The zero-order valence-electron chi connectivity index (χ0n) is 18.3. The van der Waals surface area contributed by atoms with Gasteiger partial charge in [-0.05, 0) is 47.9 Å². The minimum Gasteiger partial charge on any atom is -0.442 e.